The predicted octanol–water partition coefficient (Wildman–Crippen LogP) is 3.29. The van der Waals surface area contributed by atoms with Crippen LogP contribution in [0, 0.1) is 5.92 Å². The summed E-state index contributed by atoms with van der Waals surface area (Å²) in [6.07, 6.45) is 3.70. The molecule has 1 unspecified atom stereocenters. The monoisotopic (exact) mass is 155 g/mol. The van der Waals surface area contributed by atoms with E-state index in [9.17, 15) is 0 Å². The summed E-state index contributed by atoms with van der Waals surface area (Å²) in [5, 5.41) is 0. The molecule has 1 nitrogen and oxygen atoms in total. The average molecular weight is 155 g/mol. The van der Waals surface area contributed by atoms with Gasteiger partial charge in [0.2, 0.25) is 0 Å². The number of hydrogen-bond donors (Lipinski definition) is 0. The molecule has 0 aromatic heterocycles. The molecule has 0 bridgehead atoms. The molecule has 0 N–H and O–H groups in total. The van der Waals surface area contributed by atoms with Crippen LogP contribution in [-0.4, -0.2) is 12.3 Å². The maximum absolute atomic E-state index is 4.48. The van der Waals surface area contributed by atoms with E-state index in [1.54, 1.807) is 0 Å². The first-order valence-corrected chi connectivity index (χ1v) is 4.73. The van der Waals surface area contributed by atoms with E-state index in [1.165, 1.54) is 18.6 Å². The Morgan fingerprint density at radius 1 is 1.27 bits per heavy atom. The van der Waals surface area contributed by atoms with Gasteiger partial charge in [-0.15, -0.1) is 0 Å². The van der Waals surface area contributed by atoms with E-state index in [0.29, 0.717) is 5.92 Å². The third-order valence-corrected chi connectivity index (χ3v) is 2.02. The van der Waals surface area contributed by atoms with Crippen molar-refractivity contribution in [2.75, 3.05) is 6.54 Å². The van der Waals surface area contributed by atoms with Gasteiger partial charge in [0.05, 0.1) is 0 Å². The molecule has 0 aliphatic carbocycles. The lowest BCUT2D eigenvalue weighted by Crippen LogP contribution is -2.06. The van der Waals surface area contributed by atoms with Crippen molar-refractivity contribution in [3.63, 3.8) is 0 Å². The molecular weight excluding hydrogens is 134 g/mol. The standard InChI is InChI=1S/C10H21N/c1-5-7-9(3)10(4)11-8-6-2/h9H,5-8H2,1-4H3. The van der Waals surface area contributed by atoms with Gasteiger partial charge in [-0.3, -0.25) is 4.99 Å². The SMILES string of the molecule is CCCN=C(C)C(C)CCC. The van der Waals surface area contributed by atoms with E-state index in [4.69, 9.17) is 0 Å². The minimum Gasteiger partial charge on any atom is -0.294 e. The molecule has 0 saturated heterocycles. The van der Waals surface area contributed by atoms with Gasteiger partial charge in [0.1, 0.15) is 0 Å². The summed E-state index contributed by atoms with van der Waals surface area (Å²) in [5.41, 5.74) is 1.33. The van der Waals surface area contributed by atoms with Gasteiger partial charge in [-0.25, -0.2) is 0 Å². The second-order valence-electron chi connectivity index (χ2n) is 3.21. The van der Waals surface area contributed by atoms with Crippen LogP contribution in [-0.2, 0) is 0 Å². The third-order valence-electron chi connectivity index (χ3n) is 2.02. The summed E-state index contributed by atoms with van der Waals surface area (Å²) in [7, 11) is 0. The van der Waals surface area contributed by atoms with E-state index < -0.39 is 0 Å². The van der Waals surface area contributed by atoms with Crippen molar-refractivity contribution >= 4 is 5.71 Å². The van der Waals surface area contributed by atoms with Crippen LogP contribution in [0.3, 0.4) is 0 Å². The van der Waals surface area contributed by atoms with E-state index in [1.807, 2.05) is 0 Å². The molecule has 0 aromatic rings. The molecule has 0 amide bonds. The van der Waals surface area contributed by atoms with Crippen LogP contribution in [0.5, 0.6) is 0 Å². The molecule has 0 spiro atoms. The highest BCUT2D eigenvalue weighted by Gasteiger charge is 2.02. The molecule has 0 saturated carbocycles. The number of aliphatic imine (C=N–C) groups is 1. The van der Waals surface area contributed by atoms with E-state index in [2.05, 4.69) is 32.7 Å². The lowest BCUT2D eigenvalue weighted by Gasteiger charge is -2.08. The Morgan fingerprint density at radius 3 is 2.36 bits per heavy atom. The maximum Gasteiger partial charge on any atom is 0.0386 e. The van der Waals surface area contributed by atoms with Crippen LogP contribution < -0.4 is 0 Å². The van der Waals surface area contributed by atoms with Crippen molar-refractivity contribution in [3.05, 3.63) is 0 Å². The van der Waals surface area contributed by atoms with Gasteiger partial charge >= 0.3 is 0 Å². The van der Waals surface area contributed by atoms with Crippen molar-refractivity contribution in [1.82, 2.24) is 0 Å². The summed E-state index contributed by atoms with van der Waals surface area (Å²) in [6, 6.07) is 0. The first kappa shape index (κ1) is 10.7. The Hall–Kier alpha value is -0.330. The largest absolute Gasteiger partial charge is 0.294 e. The van der Waals surface area contributed by atoms with Gasteiger partial charge in [-0.2, -0.15) is 0 Å². The van der Waals surface area contributed by atoms with Crippen LogP contribution >= 0.6 is 0 Å². The Morgan fingerprint density at radius 2 is 1.91 bits per heavy atom. The zero-order valence-corrected chi connectivity index (χ0v) is 8.35. The highest BCUT2D eigenvalue weighted by Crippen LogP contribution is 2.07. The molecule has 0 aromatic carbocycles. The van der Waals surface area contributed by atoms with Gasteiger partial charge < -0.3 is 0 Å². The Bertz CT molecular complexity index is 116. The lowest BCUT2D eigenvalue weighted by molar-refractivity contribution is 0.660. The van der Waals surface area contributed by atoms with Gasteiger partial charge in [0, 0.05) is 12.3 Å². The van der Waals surface area contributed by atoms with Crippen molar-refractivity contribution < 1.29 is 0 Å². The molecule has 0 radical (unpaired) electrons. The van der Waals surface area contributed by atoms with E-state index in [0.717, 1.165) is 13.0 Å². The average Bonchev–Trinajstić information content (AvgIpc) is 2.00. The smallest absolute Gasteiger partial charge is 0.0386 e. The first-order valence-electron chi connectivity index (χ1n) is 4.73. The molecule has 0 aliphatic rings. The number of rotatable bonds is 5. The van der Waals surface area contributed by atoms with Crippen LogP contribution in [0.4, 0.5) is 0 Å². The number of hydrogen-bond acceptors (Lipinski definition) is 1. The molecule has 1 heteroatoms. The summed E-state index contributed by atoms with van der Waals surface area (Å²) in [5.74, 6) is 0.687. The summed E-state index contributed by atoms with van der Waals surface area (Å²) in [6.45, 7) is 9.80. The molecule has 1 atom stereocenters. The fourth-order valence-electron chi connectivity index (χ4n) is 1.09. The summed E-state index contributed by atoms with van der Waals surface area (Å²) in [4.78, 5) is 4.48. The first-order chi connectivity index (χ1) is 5.22. The topological polar surface area (TPSA) is 12.4 Å². The van der Waals surface area contributed by atoms with Crippen LogP contribution in [0.1, 0.15) is 47.0 Å². The molecule has 66 valence electrons. The Labute approximate surface area is 70.9 Å². The van der Waals surface area contributed by atoms with Gasteiger partial charge in [-0.1, -0.05) is 27.2 Å². The molecular formula is C10H21N. The van der Waals surface area contributed by atoms with Crippen LogP contribution in [0.25, 0.3) is 0 Å². The van der Waals surface area contributed by atoms with Gasteiger partial charge in [-0.05, 0) is 25.7 Å². The van der Waals surface area contributed by atoms with Gasteiger partial charge in [0.15, 0.2) is 0 Å². The van der Waals surface area contributed by atoms with Crippen molar-refractivity contribution in [2.24, 2.45) is 10.9 Å². The van der Waals surface area contributed by atoms with Crippen LogP contribution in [0.15, 0.2) is 4.99 Å². The second-order valence-corrected chi connectivity index (χ2v) is 3.21. The zero-order chi connectivity index (χ0) is 8.69. The van der Waals surface area contributed by atoms with Crippen molar-refractivity contribution in [3.8, 4) is 0 Å². The number of nitrogens with zero attached hydrogens (tertiary/aromatic N) is 1. The third kappa shape index (κ3) is 5.00. The lowest BCUT2D eigenvalue weighted by atomic mass is 10.0. The molecule has 11 heavy (non-hydrogen) atoms. The van der Waals surface area contributed by atoms with Crippen molar-refractivity contribution in [2.45, 2.75) is 47.0 Å². The van der Waals surface area contributed by atoms with Crippen molar-refractivity contribution in [1.29, 1.82) is 0 Å². The normalized spacial score (nSPS) is 15.1. The second kappa shape index (κ2) is 6.38. The van der Waals surface area contributed by atoms with Crippen LogP contribution in [0.2, 0.25) is 0 Å². The Kier molecular flexibility index (Phi) is 6.19. The fraction of sp³-hybridized carbons (Fsp3) is 0.900. The van der Waals surface area contributed by atoms with Gasteiger partial charge in [0.25, 0.3) is 0 Å². The molecule has 0 fully saturated rings. The summed E-state index contributed by atoms with van der Waals surface area (Å²) < 4.78 is 0. The zero-order valence-electron chi connectivity index (χ0n) is 8.35. The minimum absolute atomic E-state index is 0.687. The summed E-state index contributed by atoms with van der Waals surface area (Å²) >= 11 is 0. The highest BCUT2D eigenvalue weighted by atomic mass is 14.7. The molecule has 0 aliphatic heterocycles. The molecule has 0 rings (SSSR count). The maximum atomic E-state index is 4.48. The Balaban J connectivity index is 3.69. The predicted molar refractivity (Wildman–Crippen MR) is 52.3 cm³/mol. The van der Waals surface area contributed by atoms with E-state index in [-0.39, 0.29) is 0 Å². The fourth-order valence-corrected chi connectivity index (χ4v) is 1.09. The molecule has 0 heterocycles. The highest BCUT2D eigenvalue weighted by molar-refractivity contribution is 5.83. The quantitative estimate of drug-likeness (QED) is 0.540. The minimum atomic E-state index is 0.687. The van der Waals surface area contributed by atoms with E-state index >= 15 is 0 Å².